The van der Waals surface area contributed by atoms with E-state index in [0.29, 0.717) is 13.1 Å². The van der Waals surface area contributed by atoms with E-state index in [2.05, 4.69) is 18.0 Å². The van der Waals surface area contributed by atoms with Gasteiger partial charge in [-0.2, -0.15) is 0 Å². The monoisotopic (exact) mass is 357 g/mol. The van der Waals surface area contributed by atoms with Crippen molar-refractivity contribution in [3.05, 3.63) is 59.7 Å². The number of benzene rings is 2. The number of nitrogens with one attached hydrogen (secondary N) is 1. The fourth-order valence-electron chi connectivity index (χ4n) is 2.84. The second kappa shape index (κ2) is 9.73. The van der Waals surface area contributed by atoms with Gasteiger partial charge in [0.15, 0.2) is 11.5 Å². The molecule has 0 unspecified atom stereocenters. The molecule has 0 amide bonds. The maximum atomic E-state index is 5.48. The number of allylic oxidation sites excluding steroid dienone is 1. The molecule has 5 nitrogen and oxygen atoms in total. The summed E-state index contributed by atoms with van der Waals surface area (Å²) in [6, 6.07) is 9.95. The van der Waals surface area contributed by atoms with Crippen LogP contribution in [0.2, 0.25) is 0 Å². The van der Waals surface area contributed by atoms with E-state index in [-0.39, 0.29) is 0 Å². The second-order valence-electron chi connectivity index (χ2n) is 5.81. The van der Waals surface area contributed by atoms with Gasteiger partial charge in [0.05, 0.1) is 28.4 Å². The third-order valence-electron chi connectivity index (χ3n) is 4.05. The average molecular weight is 357 g/mol. The predicted molar refractivity (Wildman–Crippen MR) is 104 cm³/mol. The Balaban J connectivity index is 2.12. The first-order valence-electron chi connectivity index (χ1n) is 8.42. The Morgan fingerprint density at radius 2 is 1.42 bits per heavy atom. The molecular formula is C21H27NO4. The minimum atomic E-state index is 0.693. The number of hydrogen-bond acceptors (Lipinski definition) is 5. The molecule has 26 heavy (non-hydrogen) atoms. The van der Waals surface area contributed by atoms with Crippen LogP contribution in [0.1, 0.15) is 16.7 Å². The molecule has 0 saturated carbocycles. The van der Waals surface area contributed by atoms with Crippen molar-refractivity contribution in [2.75, 3.05) is 28.4 Å². The van der Waals surface area contributed by atoms with Crippen LogP contribution in [0, 0.1) is 0 Å². The fourth-order valence-corrected chi connectivity index (χ4v) is 2.84. The Morgan fingerprint density at radius 3 is 1.92 bits per heavy atom. The van der Waals surface area contributed by atoms with Crippen molar-refractivity contribution in [1.29, 1.82) is 0 Å². The number of methoxy groups -OCH3 is 4. The Kier molecular flexibility index (Phi) is 7.36. The highest BCUT2D eigenvalue weighted by Crippen LogP contribution is 2.33. The van der Waals surface area contributed by atoms with Crippen molar-refractivity contribution in [3.63, 3.8) is 0 Å². The predicted octanol–water partition coefficient (Wildman–Crippen LogP) is 3.74. The topological polar surface area (TPSA) is 49.0 Å². The maximum Gasteiger partial charge on any atom is 0.164 e. The Labute approximate surface area is 155 Å². The minimum Gasteiger partial charge on any atom is -0.497 e. The fraction of sp³-hybridized carbons (Fsp3) is 0.333. The first-order valence-corrected chi connectivity index (χ1v) is 8.42. The van der Waals surface area contributed by atoms with Gasteiger partial charge in [0.2, 0.25) is 0 Å². The van der Waals surface area contributed by atoms with Gasteiger partial charge in [0.1, 0.15) is 11.5 Å². The summed E-state index contributed by atoms with van der Waals surface area (Å²) in [5.41, 5.74) is 3.27. The molecule has 0 fully saturated rings. The largest absolute Gasteiger partial charge is 0.497 e. The minimum absolute atomic E-state index is 0.693. The van der Waals surface area contributed by atoms with Gasteiger partial charge in [0.25, 0.3) is 0 Å². The van der Waals surface area contributed by atoms with Gasteiger partial charge in [-0.1, -0.05) is 12.1 Å². The highest BCUT2D eigenvalue weighted by atomic mass is 16.5. The van der Waals surface area contributed by atoms with E-state index in [1.807, 2.05) is 30.3 Å². The van der Waals surface area contributed by atoms with Crippen LogP contribution >= 0.6 is 0 Å². The summed E-state index contributed by atoms with van der Waals surface area (Å²) in [6.07, 6.45) is 2.58. The molecule has 0 atom stereocenters. The van der Waals surface area contributed by atoms with Gasteiger partial charge in [-0.15, -0.1) is 6.58 Å². The molecule has 140 valence electrons. The summed E-state index contributed by atoms with van der Waals surface area (Å²) in [4.78, 5) is 0. The van der Waals surface area contributed by atoms with E-state index < -0.39 is 0 Å². The third kappa shape index (κ3) is 4.92. The number of ether oxygens (including phenoxy) is 4. The lowest BCUT2D eigenvalue weighted by Gasteiger charge is -2.15. The van der Waals surface area contributed by atoms with Crippen molar-refractivity contribution >= 4 is 0 Å². The van der Waals surface area contributed by atoms with Gasteiger partial charge in [0, 0.05) is 24.7 Å². The average Bonchev–Trinajstić information content (AvgIpc) is 2.67. The van der Waals surface area contributed by atoms with Gasteiger partial charge in [-0.05, 0) is 35.7 Å². The van der Waals surface area contributed by atoms with Crippen LogP contribution in [0.4, 0.5) is 0 Å². The zero-order valence-corrected chi connectivity index (χ0v) is 15.9. The van der Waals surface area contributed by atoms with Crippen LogP contribution in [0.25, 0.3) is 0 Å². The summed E-state index contributed by atoms with van der Waals surface area (Å²) in [5.74, 6) is 3.04. The molecule has 0 heterocycles. The molecule has 0 aromatic heterocycles. The summed E-state index contributed by atoms with van der Waals surface area (Å²) in [5, 5.41) is 3.45. The molecule has 5 heteroatoms. The van der Waals surface area contributed by atoms with Crippen LogP contribution < -0.4 is 24.3 Å². The molecule has 2 rings (SSSR count). The third-order valence-corrected chi connectivity index (χ3v) is 4.05. The summed E-state index contributed by atoms with van der Waals surface area (Å²) in [7, 11) is 6.60. The Hall–Kier alpha value is -2.66. The summed E-state index contributed by atoms with van der Waals surface area (Å²) < 4.78 is 21.6. The van der Waals surface area contributed by atoms with E-state index in [1.165, 1.54) is 0 Å². The lowest BCUT2D eigenvalue weighted by molar-refractivity contribution is 0.351. The SMILES string of the molecule is C=CCc1cc(CNCc2cc(OC)cc(OC)c2)cc(OC)c1OC. The van der Waals surface area contributed by atoms with E-state index in [4.69, 9.17) is 18.9 Å². The zero-order chi connectivity index (χ0) is 18.9. The molecule has 1 N–H and O–H groups in total. The van der Waals surface area contributed by atoms with Crippen LogP contribution in [-0.2, 0) is 19.5 Å². The highest BCUT2D eigenvalue weighted by Gasteiger charge is 2.11. The standard InChI is InChI=1S/C21H27NO4/c1-6-7-17-8-15(11-20(25-4)21(17)26-5)13-22-14-16-9-18(23-2)12-19(10-16)24-3/h6,8-12,22H,1,7,13-14H2,2-5H3. The first-order chi connectivity index (χ1) is 12.6. The van der Waals surface area contributed by atoms with Gasteiger partial charge in [-0.25, -0.2) is 0 Å². The molecule has 0 aliphatic heterocycles. The lowest BCUT2D eigenvalue weighted by atomic mass is 10.1. The smallest absolute Gasteiger partial charge is 0.164 e. The van der Waals surface area contributed by atoms with E-state index in [1.54, 1.807) is 28.4 Å². The first kappa shape index (κ1) is 19.7. The van der Waals surface area contributed by atoms with Crippen LogP contribution in [0.15, 0.2) is 43.0 Å². The molecule has 2 aromatic carbocycles. The van der Waals surface area contributed by atoms with Gasteiger partial charge >= 0.3 is 0 Å². The summed E-state index contributed by atoms with van der Waals surface area (Å²) in [6.45, 7) is 5.21. The maximum absolute atomic E-state index is 5.48. The van der Waals surface area contributed by atoms with Gasteiger partial charge < -0.3 is 24.3 Å². The van der Waals surface area contributed by atoms with Crippen LogP contribution in [-0.4, -0.2) is 28.4 Å². The molecular weight excluding hydrogens is 330 g/mol. The Morgan fingerprint density at radius 1 is 0.808 bits per heavy atom. The molecule has 0 spiro atoms. The number of hydrogen-bond donors (Lipinski definition) is 1. The van der Waals surface area contributed by atoms with Crippen molar-refractivity contribution in [2.45, 2.75) is 19.5 Å². The lowest BCUT2D eigenvalue weighted by Crippen LogP contribution is -2.13. The van der Waals surface area contributed by atoms with Crippen molar-refractivity contribution in [3.8, 4) is 23.0 Å². The molecule has 0 aliphatic carbocycles. The van der Waals surface area contributed by atoms with E-state index >= 15 is 0 Å². The van der Waals surface area contributed by atoms with Crippen molar-refractivity contribution in [1.82, 2.24) is 5.32 Å². The van der Waals surface area contributed by atoms with E-state index in [9.17, 15) is 0 Å². The van der Waals surface area contributed by atoms with E-state index in [0.717, 1.165) is 46.1 Å². The summed E-state index contributed by atoms with van der Waals surface area (Å²) >= 11 is 0. The van der Waals surface area contributed by atoms with Crippen molar-refractivity contribution < 1.29 is 18.9 Å². The van der Waals surface area contributed by atoms with Crippen molar-refractivity contribution in [2.24, 2.45) is 0 Å². The quantitative estimate of drug-likeness (QED) is 0.657. The van der Waals surface area contributed by atoms with Gasteiger partial charge in [-0.3, -0.25) is 0 Å². The van der Waals surface area contributed by atoms with Crippen LogP contribution in [0.3, 0.4) is 0 Å². The molecule has 0 bridgehead atoms. The molecule has 0 aliphatic rings. The Bertz CT molecular complexity index is 721. The second-order valence-corrected chi connectivity index (χ2v) is 5.81. The molecule has 0 saturated heterocycles. The van der Waals surface area contributed by atoms with Crippen LogP contribution in [0.5, 0.6) is 23.0 Å². The molecule has 0 radical (unpaired) electrons. The number of rotatable bonds is 10. The zero-order valence-electron chi connectivity index (χ0n) is 15.9. The highest BCUT2D eigenvalue weighted by molar-refractivity contribution is 5.50. The molecule has 2 aromatic rings. The normalized spacial score (nSPS) is 10.3.